The lowest BCUT2D eigenvalue weighted by Gasteiger charge is -2.28. The molecule has 1 aromatic heterocycles. The van der Waals surface area contributed by atoms with Crippen LogP contribution < -0.4 is 0 Å². The van der Waals surface area contributed by atoms with E-state index in [4.69, 9.17) is 4.74 Å². The number of carbonyl (C=O) groups is 2. The number of rotatable bonds is 3. The molecule has 1 fully saturated rings. The molecule has 1 aliphatic heterocycles. The SMILES string of the molecule is CC(C)(C)OC(=O)N1CC[C@H](Cc2ccncc2)[C@@H]1C(=O)O. The smallest absolute Gasteiger partial charge is 0.411 e. The highest BCUT2D eigenvalue weighted by atomic mass is 16.6. The Kier molecular flexibility index (Phi) is 4.68. The maximum Gasteiger partial charge on any atom is 0.411 e. The quantitative estimate of drug-likeness (QED) is 0.927. The molecule has 1 N–H and O–H groups in total. The van der Waals surface area contributed by atoms with Crippen molar-refractivity contribution in [2.24, 2.45) is 5.92 Å². The predicted molar refractivity (Wildman–Crippen MR) is 80.4 cm³/mol. The first-order chi connectivity index (χ1) is 10.3. The molecular formula is C16H22N2O4. The standard InChI is InChI=1S/C16H22N2O4/c1-16(2,3)22-15(21)18-9-6-12(13(18)14(19)20)10-11-4-7-17-8-5-11/h4-5,7-8,12-13H,6,9-10H2,1-3H3,(H,19,20)/t12-,13-/m1/s1. The van der Waals surface area contributed by atoms with Gasteiger partial charge in [0, 0.05) is 18.9 Å². The first-order valence-electron chi connectivity index (χ1n) is 7.39. The first-order valence-corrected chi connectivity index (χ1v) is 7.39. The number of carboxylic acid groups (broad SMARTS) is 1. The molecule has 1 amide bonds. The van der Waals surface area contributed by atoms with Crippen LogP contribution in [0.2, 0.25) is 0 Å². The van der Waals surface area contributed by atoms with Gasteiger partial charge in [-0.25, -0.2) is 9.59 Å². The van der Waals surface area contributed by atoms with Gasteiger partial charge >= 0.3 is 12.1 Å². The van der Waals surface area contributed by atoms with Crippen molar-refractivity contribution in [1.82, 2.24) is 9.88 Å². The molecule has 0 bridgehead atoms. The maximum atomic E-state index is 12.2. The van der Waals surface area contributed by atoms with Crippen molar-refractivity contribution in [3.63, 3.8) is 0 Å². The number of nitrogens with zero attached hydrogens (tertiary/aromatic N) is 2. The lowest BCUT2D eigenvalue weighted by atomic mass is 9.93. The summed E-state index contributed by atoms with van der Waals surface area (Å²) >= 11 is 0. The van der Waals surface area contributed by atoms with Crippen LogP contribution in [-0.4, -0.2) is 45.2 Å². The van der Waals surface area contributed by atoms with Crippen molar-refractivity contribution in [2.45, 2.75) is 45.3 Å². The summed E-state index contributed by atoms with van der Waals surface area (Å²) in [5.41, 5.74) is 0.390. The molecule has 6 nitrogen and oxygen atoms in total. The van der Waals surface area contributed by atoms with E-state index >= 15 is 0 Å². The number of hydrogen-bond acceptors (Lipinski definition) is 4. The Morgan fingerprint density at radius 3 is 2.55 bits per heavy atom. The summed E-state index contributed by atoms with van der Waals surface area (Å²) in [5, 5.41) is 9.52. The van der Waals surface area contributed by atoms with E-state index in [1.807, 2.05) is 12.1 Å². The Morgan fingerprint density at radius 2 is 2.00 bits per heavy atom. The number of pyridine rings is 1. The van der Waals surface area contributed by atoms with Crippen LogP contribution in [0.15, 0.2) is 24.5 Å². The van der Waals surface area contributed by atoms with Crippen LogP contribution in [0.5, 0.6) is 0 Å². The van der Waals surface area contributed by atoms with Gasteiger partial charge in [-0.3, -0.25) is 9.88 Å². The fraction of sp³-hybridized carbons (Fsp3) is 0.562. The number of amides is 1. The van der Waals surface area contributed by atoms with Crippen molar-refractivity contribution < 1.29 is 19.4 Å². The Hall–Kier alpha value is -2.11. The van der Waals surface area contributed by atoms with E-state index in [0.29, 0.717) is 19.4 Å². The van der Waals surface area contributed by atoms with Gasteiger partial charge in [0.1, 0.15) is 11.6 Å². The zero-order chi connectivity index (χ0) is 16.3. The molecule has 0 radical (unpaired) electrons. The Morgan fingerprint density at radius 1 is 1.36 bits per heavy atom. The second-order valence-electron chi connectivity index (χ2n) is 6.57. The summed E-state index contributed by atoms with van der Waals surface area (Å²) in [6.07, 6.45) is 4.08. The van der Waals surface area contributed by atoms with Crippen LogP contribution in [0.3, 0.4) is 0 Å². The number of likely N-dealkylation sites (tertiary alicyclic amines) is 1. The molecule has 1 aliphatic rings. The molecule has 6 heteroatoms. The summed E-state index contributed by atoms with van der Waals surface area (Å²) in [7, 11) is 0. The van der Waals surface area contributed by atoms with Crippen molar-refractivity contribution in [3.8, 4) is 0 Å². The average molecular weight is 306 g/mol. The molecule has 2 heterocycles. The normalized spacial score (nSPS) is 21.7. The van der Waals surface area contributed by atoms with Crippen molar-refractivity contribution in [3.05, 3.63) is 30.1 Å². The average Bonchev–Trinajstić information content (AvgIpc) is 2.82. The van der Waals surface area contributed by atoms with Gasteiger partial charge in [-0.15, -0.1) is 0 Å². The molecule has 0 unspecified atom stereocenters. The minimum Gasteiger partial charge on any atom is -0.480 e. The monoisotopic (exact) mass is 306 g/mol. The highest BCUT2D eigenvalue weighted by molar-refractivity contribution is 5.81. The summed E-state index contributed by atoms with van der Waals surface area (Å²) in [6, 6.07) is 2.90. The van der Waals surface area contributed by atoms with Crippen molar-refractivity contribution in [1.29, 1.82) is 0 Å². The molecule has 2 rings (SSSR count). The van der Waals surface area contributed by atoms with Gasteiger partial charge in [-0.1, -0.05) is 0 Å². The first kappa shape index (κ1) is 16.3. The molecule has 2 atom stereocenters. The molecule has 120 valence electrons. The van der Waals surface area contributed by atoms with Gasteiger partial charge in [-0.2, -0.15) is 0 Å². The second-order valence-corrected chi connectivity index (χ2v) is 6.57. The molecule has 0 aromatic carbocycles. The third kappa shape index (κ3) is 3.96. The van der Waals surface area contributed by atoms with Gasteiger partial charge in [0.05, 0.1) is 0 Å². The van der Waals surface area contributed by atoms with Crippen molar-refractivity contribution in [2.75, 3.05) is 6.54 Å². The van der Waals surface area contributed by atoms with E-state index in [2.05, 4.69) is 4.98 Å². The summed E-state index contributed by atoms with van der Waals surface area (Å²) in [6.45, 7) is 5.71. The number of hydrogen-bond donors (Lipinski definition) is 1. The zero-order valence-corrected chi connectivity index (χ0v) is 13.2. The Labute approximate surface area is 130 Å². The second kappa shape index (κ2) is 6.34. The van der Waals surface area contributed by atoms with Gasteiger partial charge in [0.25, 0.3) is 0 Å². The topological polar surface area (TPSA) is 79.7 Å². The Bertz CT molecular complexity index is 539. The van der Waals surface area contributed by atoms with Crippen LogP contribution >= 0.6 is 0 Å². The van der Waals surface area contributed by atoms with Crippen molar-refractivity contribution >= 4 is 12.1 Å². The summed E-state index contributed by atoms with van der Waals surface area (Å²) < 4.78 is 5.31. The van der Waals surface area contributed by atoms with Crippen LogP contribution in [0, 0.1) is 5.92 Å². The molecular weight excluding hydrogens is 284 g/mol. The van der Waals surface area contributed by atoms with E-state index in [1.54, 1.807) is 33.2 Å². The fourth-order valence-electron chi connectivity index (χ4n) is 2.75. The number of carbonyl (C=O) groups excluding carboxylic acids is 1. The summed E-state index contributed by atoms with van der Waals surface area (Å²) in [5.74, 6) is -1.10. The van der Waals surface area contributed by atoms with E-state index in [0.717, 1.165) is 5.56 Å². The van der Waals surface area contributed by atoms with Crippen LogP contribution in [-0.2, 0) is 16.0 Å². The van der Waals surface area contributed by atoms with E-state index in [1.165, 1.54) is 4.90 Å². The molecule has 1 saturated heterocycles. The molecule has 0 spiro atoms. The minimum atomic E-state index is -0.984. The molecule has 0 aliphatic carbocycles. The third-order valence-electron chi connectivity index (χ3n) is 3.65. The highest BCUT2D eigenvalue weighted by Gasteiger charge is 2.43. The van der Waals surface area contributed by atoms with E-state index < -0.39 is 23.7 Å². The largest absolute Gasteiger partial charge is 0.480 e. The van der Waals surface area contributed by atoms with E-state index in [-0.39, 0.29) is 5.92 Å². The number of carboxylic acids is 1. The fourth-order valence-corrected chi connectivity index (χ4v) is 2.75. The van der Waals surface area contributed by atoms with Crippen LogP contribution in [0.4, 0.5) is 4.79 Å². The van der Waals surface area contributed by atoms with Gasteiger partial charge in [0.15, 0.2) is 0 Å². The molecule has 0 saturated carbocycles. The van der Waals surface area contributed by atoms with Crippen LogP contribution in [0.25, 0.3) is 0 Å². The lowest BCUT2D eigenvalue weighted by molar-refractivity contribution is -0.143. The maximum absolute atomic E-state index is 12.2. The molecule has 1 aromatic rings. The van der Waals surface area contributed by atoms with Crippen LogP contribution in [0.1, 0.15) is 32.8 Å². The summed E-state index contributed by atoms with van der Waals surface area (Å²) in [4.78, 5) is 29.1. The number of aromatic nitrogens is 1. The number of aliphatic carboxylic acids is 1. The third-order valence-corrected chi connectivity index (χ3v) is 3.65. The van der Waals surface area contributed by atoms with Gasteiger partial charge in [0.2, 0.25) is 0 Å². The highest BCUT2D eigenvalue weighted by Crippen LogP contribution is 2.29. The molecule has 22 heavy (non-hydrogen) atoms. The number of ether oxygens (including phenoxy) is 1. The predicted octanol–water partition coefficient (Wildman–Crippen LogP) is 2.33. The lowest BCUT2D eigenvalue weighted by Crippen LogP contribution is -2.45. The Balaban J connectivity index is 2.11. The minimum absolute atomic E-state index is 0.118. The van der Waals surface area contributed by atoms with E-state index in [9.17, 15) is 14.7 Å². The van der Waals surface area contributed by atoms with Gasteiger partial charge in [-0.05, 0) is 57.2 Å². The zero-order valence-electron chi connectivity index (χ0n) is 13.2. The van der Waals surface area contributed by atoms with Gasteiger partial charge < -0.3 is 9.84 Å².